The summed E-state index contributed by atoms with van der Waals surface area (Å²) < 4.78 is 13.5. The molecule has 0 saturated carbocycles. The molecule has 26 heavy (non-hydrogen) atoms. The highest BCUT2D eigenvalue weighted by Crippen LogP contribution is 2.37. The van der Waals surface area contributed by atoms with Gasteiger partial charge in [-0.25, -0.2) is 9.50 Å². The molecule has 0 bridgehead atoms. The normalized spacial score (nSPS) is 22.9. The predicted molar refractivity (Wildman–Crippen MR) is 96.3 cm³/mol. The third-order valence-electron chi connectivity index (χ3n) is 5.72. The number of likely N-dealkylation sites (tertiary alicyclic amines) is 1. The van der Waals surface area contributed by atoms with Crippen molar-refractivity contribution >= 4 is 11.6 Å². The third-order valence-corrected chi connectivity index (χ3v) is 5.72. The van der Waals surface area contributed by atoms with Crippen molar-refractivity contribution in [3.63, 3.8) is 0 Å². The number of aromatic nitrogens is 3. The Morgan fingerprint density at radius 1 is 1.31 bits per heavy atom. The molecule has 7 nitrogen and oxygen atoms in total. The molecule has 0 radical (unpaired) electrons. The molecule has 2 aliphatic rings. The van der Waals surface area contributed by atoms with E-state index in [-0.39, 0.29) is 17.6 Å². The highest BCUT2D eigenvalue weighted by molar-refractivity contribution is 5.93. The van der Waals surface area contributed by atoms with Crippen LogP contribution in [0.2, 0.25) is 0 Å². The van der Waals surface area contributed by atoms with Crippen LogP contribution < -0.4 is 0 Å². The van der Waals surface area contributed by atoms with Crippen LogP contribution in [0.4, 0.5) is 0 Å². The van der Waals surface area contributed by atoms with Gasteiger partial charge in [-0.15, -0.1) is 0 Å². The van der Waals surface area contributed by atoms with Gasteiger partial charge in [-0.2, -0.15) is 5.10 Å². The summed E-state index contributed by atoms with van der Waals surface area (Å²) in [5.74, 6) is -0.0350. The number of hydrogen-bond donors (Lipinski definition) is 0. The summed E-state index contributed by atoms with van der Waals surface area (Å²) in [7, 11) is 1.76. The minimum Gasteiger partial charge on any atom is -0.378 e. The molecule has 2 saturated heterocycles. The van der Waals surface area contributed by atoms with Gasteiger partial charge in [0.05, 0.1) is 11.7 Å². The maximum Gasteiger partial charge on any atom is 0.274 e. The van der Waals surface area contributed by atoms with Crippen LogP contribution in [-0.4, -0.2) is 63.9 Å². The van der Waals surface area contributed by atoms with Crippen LogP contribution in [0.5, 0.6) is 0 Å². The Labute approximate surface area is 153 Å². The first-order valence-electron chi connectivity index (χ1n) is 9.32. The van der Waals surface area contributed by atoms with Crippen molar-refractivity contribution in [3.8, 4) is 0 Å². The minimum atomic E-state index is -0.238. The van der Waals surface area contributed by atoms with Gasteiger partial charge in [-0.05, 0) is 45.6 Å². The van der Waals surface area contributed by atoms with E-state index in [2.05, 4.69) is 10.1 Å². The molecule has 1 atom stereocenters. The van der Waals surface area contributed by atoms with E-state index >= 15 is 0 Å². The molecule has 4 rings (SSSR count). The number of fused-ring (bicyclic) bond motifs is 1. The lowest BCUT2D eigenvalue weighted by atomic mass is 9.82. The molecule has 7 heteroatoms. The zero-order valence-corrected chi connectivity index (χ0v) is 15.7. The summed E-state index contributed by atoms with van der Waals surface area (Å²) in [4.78, 5) is 19.3. The highest BCUT2D eigenvalue weighted by Gasteiger charge is 2.45. The summed E-state index contributed by atoms with van der Waals surface area (Å²) in [6, 6.07) is 3.74. The molecule has 140 valence electrons. The number of amides is 1. The molecule has 1 amide bonds. The van der Waals surface area contributed by atoms with Crippen molar-refractivity contribution in [2.45, 2.75) is 51.2 Å². The second kappa shape index (κ2) is 6.63. The topological polar surface area (TPSA) is 69.0 Å². The van der Waals surface area contributed by atoms with E-state index in [0.29, 0.717) is 18.8 Å². The van der Waals surface area contributed by atoms with Gasteiger partial charge in [-0.3, -0.25) is 4.79 Å². The lowest BCUT2D eigenvalue weighted by Crippen LogP contribution is -2.56. The summed E-state index contributed by atoms with van der Waals surface area (Å²) in [5, 5.41) is 4.47. The van der Waals surface area contributed by atoms with E-state index < -0.39 is 0 Å². The fourth-order valence-electron chi connectivity index (χ4n) is 4.34. The Hall–Kier alpha value is -1.99. The van der Waals surface area contributed by atoms with Gasteiger partial charge in [0.25, 0.3) is 5.91 Å². The number of carbonyl (C=O) groups excluding carboxylic acids is 1. The van der Waals surface area contributed by atoms with Crippen molar-refractivity contribution in [2.75, 3.05) is 26.8 Å². The lowest BCUT2D eigenvalue weighted by Gasteiger charge is -2.47. The van der Waals surface area contributed by atoms with Crippen molar-refractivity contribution in [3.05, 3.63) is 29.2 Å². The van der Waals surface area contributed by atoms with Crippen LogP contribution >= 0.6 is 0 Å². The molecule has 2 aromatic heterocycles. The largest absolute Gasteiger partial charge is 0.378 e. The van der Waals surface area contributed by atoms with Crippen LogP contribution in [0.3, 0.4) is 0 Å². The molecule has 1 spiro atoms. The first-order chi connectivity index (χ1) is 12.5. The summed E-state index contributed by atoms with van der Waals surface area (Å²) in [5.41, 5.74) is 2.83. The number of carbonyl (C=O) groups is 1. The maximum absolute atomic E-state index is 12.9. The van der Waals surface area contributed by atoms with Gasteiger partial charge in [0.1, 0.15) is 0 Å². The van der Waals surface area contributed by atoms with Crippen molar-refractivity contribution in [1.82, 2.24) is 19.5 Å². The number of aryl methyl sites for hydroxylation is 2. The molecule has 2 aliphatic heterocycles. The van der Waals surface area contributed by atoms with Gasteiger partial charge in [0, 0.05) is 44.3 Å². The van der Waals surface area contributed by atoms with Gasteiger partial charge in [0.15, 0.2) is 11.3 Å². The van der Waals surface area contributed by atoms with Crippen molar-refractivity contribution in [2.24, 2.45) is 0 Å². The van der Waals surface area contributed by atoms with E-state index in [9.17, 15) is 4.79 Å². The van der Waals surface area contributed by atoms with Crippen LogP contribution in [0.25, 0.3) is 5.65 Å². The fraction of sp³-hybridized carbons (Fsp3) is 0.632. The monoisotopic (exact) mass is 358 g/mol. The van der Waals surface area contributed by atoms with E-state index in [4.69, 9.17) is 9.47 Å². The lowest BCUT2D eigenvalue weighted by molar-refractivity contribution is -0.183. The number of nitrogens with zero attached hydrogens (tertiary/aromatic N) is 4. The summed E-state index contributed by atoms with van der Waals surface area (Å²) >= 11 is 0. The Balaban J connectivity index is 1.51. The quantitative estimate of drug-likeness (QED) is 0.823. The highest BCUT2D eigenvalue weighted by atomic mass is 16.5. The van der Waals surface area contributed by atoms with Gasteiger partial charge < -0.3 is 14.4 Å². The molecule has 4 heterocycles. The number of hydrogen-bond acceptors (Lipinski definition) is 5. The fourth-order valence-corrected chi connectivity index (χ4v) is 4.34. The second-order valence-electron chi connectivity index (χ2n) is 7.41. The Morgan fingerprint density at radius 2 is 2.08 bits per heavy atom. The average molecular weight is 358 g/mol. The first kappa shape index (κ1) is 17.4. The van der Waals surface area contributed by atoms with Crippen molar-refractivity contribution in [1.29, 1.82) is 0 Å². The molecule has 0 unspecified atom stereocenters. The van der Waals surface area contributed by atoms with Crippen LogP contribution in [0, 0.1) is 13.8 Å². The molecule has 2 fully saturated rings. The van der Waals surface area contributed by atoms with E-state index in [1.165, 1.54) is 0 Å². The minimum absolute atomic E-state index is 0.0350. The van der Waals surface area contributed by atoms with Crippen LogP contribution in [-0.2, 0) is 9.47 Å². The van der Waals surface area contributed by atoms with Gasteiger partial charge in [-0.1, -0.05) is 0 Å². The number of rotatable bonds is 2. The first-order valence-corrected chi connectivity index (χ1v) is 9.32. The van der Waals surface area contributed by atoms with Crippen LogP contribution in [0.15, 0.2) is 12.1 Å². The molecule has 0 aromatic carbocycles. The van der Waals surface area contributed by atoms with E-state index in [0.717, 1.165) is 49.3 Å². The summed E-state index contributed by atoms with van der Waals surface area (Å²) in [6.45, 7) is 6.03. The predicted octanol–water partition coefficient (Wildman–Crippen LogP) is 2.15. The maximum atomic E-state index is 12.9. The Kier molecular flexibility index (Phi) is 4.44. The number of piperidine rings is 1. The van der Waals surface area contributed by atoms with Crippen LogP contribution in [0.1, 0.15) is 47.6 Å². The summed E-state index contributed by atoms with van der Waals surface area (Å²) in [6.07, 6.45) is 3.80. The third kappa shape index (κ3) is 2.89. The van der Waals surface area contributed by atoms with E-state index in [1.807, 2.05) is 24.8 Å². The average Bonchev–Trinajstić information content (AvgIpc) is 3.06. The van der Waals surface area contributed by atoms with Crippen molar-refractivity contribution < 1.29 is 14.3 Å². The molecule has 0 N–H and O–H groups in total. The number of methoxy groups -OCH3 is 1. The zero-order chi connectivity index (χ0) is 18.3. The van der Waals surface area contributed by atoms with Gasteiger partial charge in [0.2, 0.25) is 0 Å². The van der Waals surface area contributed by atoms with Gasteiger partial charge >= 0.3 is 0 Å². The standard InChI is InChI=1S/C19H26N4O3/c1-13-11-14(2)23-17(20-13)12-15(21-23)18(24)22-8-6-19(7-9-22)16(25-3)5-4-10-26-19/h11-12,16H,4-10H2,1-3H3/t16-/m0/s1. The Bertz CT molecular complexity index is 824. The zero-order valence-electron chi connectivity index (χ0n) is 15.7. The molecular weight excluding hydrogens is 332 g/mol. The smallest absolute Gasteiger partial charge is 0.274 e. The Morgan fingerprint density at radius 3 is 2.81 bits per heavy atom. The van der Waals surface area contributed by atoms with E-state index in [1.54, 1.807) is 17.7 Å². The molecule has 0 aliphatic carbocycles. The molecular formula is C19H26N4O3. The second-order valence-corrected chi connectivity index (χ2v) is 7.41. The SMILES string of the molecule is CO[C@H]1CCCOC12CCN(C(=O)c1cc3nc(C)cc(C)n3n1)CC2. The number of ether oxygens (including phenoxy) is 2. The molecule has 2 aromatic rings.